The Morgan fingerprint density at radius 3 is 2.00 bits per heavy atom. The van der Waals surface area contributed by atoms with E-state index in [4.69, 9.17) is 16.3 Å². The molecule has 0 bridgehead atoms. The van der Waals surface area contributed by atoms with Crippen molar-refractivity contribution in [1.82, 2.24) is 4.31 Å². The van der Waals surface area contributed by atoms with Gasteiger partial charge >= 0.3 is 0 Å². The van der Waals surface area contributed by atoms with Gasteiger partial charge in [0.05, 0.1) is 12.1 Å². The number of hydrogen-bond acceptors (Lipinski definition) is 5. The Hall–Kier alpha value is -4.33. The number of carbonyl (C=O) groups is 2. The molecule has 1 saturated carbocycles. The largest absolute Gasteiger partial charge is 0.488 e. The van der Waals surface area contributed by atoms with Crippen LogP contribution in [0.4, 0.5) is 27.6 Å². The first-order valence-corrected chi connectivity index (χ1v) is 18.1. The maximum Gasteiger partial charge on any atom is 0.256 e. The van der Waals surface area contributed by atoms with Crippen molar-refractivity contribution in [3.8, 4) is 5.75 Å². The fourth-order valence-corrected chi connectivity index (χ4v) is 8.41. The van der Waals surface area contributed by atoms with Gasteiger partial charge in [0.1, 0.15) is 18.4 Å². The Balaban J connectivity index is 1.36. The predicted octanol–water partition coefficient (Wildman–Crippen LogP) is 8.38. The van der Waals surface area contributed by atoms with E-state index in [-0.39, 0.29) is 36.6 Å². The fourth-order valence-electron chi connectivity index (χ4n) is 6.51. The predicted molar refractivity (Wildman–Crippen MR) is 179 cm³/mol. The van der Waals surface area contributed by atoms with E-state index in [0.29, 0.717) is 15.8 Å². The first-order chi connectivity index (χ1) is 24.4. The van der Waals surface area contributed by atoms with E-state index in [0.717, 1.165) is 36.8 Å². The number of amides is 1. The first kappa shape index (κ1) is 36.5. The van der Waals surface area contributed by atoms with Gasteiger partial charge in [-0.1, -0.05) is 73.9 Å². The van der Waals surface area contributed by atoms with Crippen molar-refractivity contribution in [2.75, 3.05) is 11.4 Å². The van der Waals surface area contributed by atoms with E-state index in [2.05, 4.69) is 0 Å². The zero-order valence-corrected chi connectivity index (χ0v) is 28.6. The number of sulfonamides is 1. The summed E-state index contributed by atoms with van der Waals surface area (Å²) in [5.74, 6) is -12.8. The van der Waals surface area contributed by atoms with Gasteiger partial charge in [0.25, 0.3) is 5.24 Å². The van der Waals surface area contributed by atoms with Gasteiger partial charge in [-0.2, -0.15) is 4.31 Å². The topological polar surface area (TPSA) is 84.0 Å². The third-order valence-corrected chi connectivity index (χ3v) is 11.5. The Kier molecular flexibility index (Phi) is 10.8. The molecule has 2 fully saturated rings. The quantitative estimate of drug-likeness (QED) is 0.0667. The normalized spacial score (nSPS) is 16.8. The molecular formula is C37H32ClF5N2O5S. The van der Waals surface area contributed by atoms with Crippen LogP contribution in [0, 0.1) is 29.1 Å². The van der Waals surface area contributed by atoms with E-state index in [1.807, 2.05) is 30.3 Å². The lowest BCUT2D eigenvalue weighted by molar-refractivity contribution is -0.125. The molecule has 4 aromatic carbocycles. The molecule has 1 amide bonds. The molecule has 1 aliphatic heterocycles. The van der Waals surface area contributed by atoms with Crippen molar-refractivity contribution in [2.45, 2.75) is 68.5 Å². The van der Waals surface area contributed by atoms with Gasteiger partial charge in [-0.05, 0) is 65.6 Å². The fraction of sp³-hybridized carbons (Fsp3) is 0.297. The van der Waals surface area contributed by atoms with Crippen LogP contribution in [0.5, 0.6) is 5.75 Å². The van der Waals surface area contributed by atoms with Crippen molar-refractivity contribution < 1.29 is 44.7 Å². The number of benzene rings is 4. The molecule has 268 valence electrons. The van der Waals surface area contributed by atoms with E-state index < -0.39 is 67.7 Å². The number of rotatable bonds is 11. The Morgan fingerprint density at radius 1 is 0.784 bits per heavy atom. The summed E-state index contributed by atoms with van der Waals surface area (Å²) in [6.07, 6.45) is 5.48. The highest BCUT2D eigenvalue weighted by molar-refractivity contribution is 7.89. The summed E-state index contributed by atoms with van der Waals surface area (Å²) in [5, 5.41) is -0.833. The monoisotopic (exact) mass is 746 g/mol. The van der Waals surface area contributed by atoms with Crippen LogP contribution >= 0.6 is 11.6 Å². The third-order valence-electron chi connectivity index (χ3n) is 9.38. The molecular weight excluding hydrogens is 715 g/mol. The minimum atomic E-state index is -5.39. The van der Waals surface area contributed by atoms with Gasteiger partial charge in [0, 0.05) is 18.3 Å². The molecule has 14 heteroatoms. The number of hydrogen-bond donors (Lipinski definition) is 0. The Morgan fingerprint density at radius 2 is 1.41 bits per heavy atom. The maximum absolute atomic E-state index is 14.7. The summed E-state index contributed by atoms with van der Waals surface area (Å²) in [6, 6.07) is 19.3. The summed E-state index contributed by atoms with van der Waals surface area (Å²) in [5.41, 5.74) is 2.74. The maximum atomic E-state index is 14.7. The van der Waals surface area contributed by atoms with Gasteiger partial charge in [-0.15, -0.1) is 0 Å². The van der Waals surface area contributed by atoms with Crippen molar-refractivity contribution >= 4 is 38.5 Å². The van der Waals surface area contributed by atoms with Gasteiger partial charge in [0.15, 0.2) is 28.2 Å². The van der Waals surface area contributed by atoms with E-state index in [1.54, 1.807) is 24.3 Å². The molecule has 0 radical (unpaired) electrons. The van der Waals surface area contributed by atoms with Gasteiger partial charge < -0.3 is 9.64 Å². The average molecular weight is 747 g/mol. The summed E-state index contributed by atoms with van der Waals surface area (Å²) in [7, 11) is -5.39. The molecule has 4 aromatic rings. The second-order valence-electron chi connectivity index (χ2n) is 12.5. The Labute approximate surface area is 296 Å². The molecule has 0 aromatic heterocycles. The minimum absolute atomic E-state index is 0.000237. The average Bonchev–Trinajstić information content (AvgIpc) is 3.11. The van der Waals surface area contributed by atoms with Crippen molar-refractivity contribution in [1.29, 1.82) is 0 Å². The van der Waals surface area contributed by atoms with Crippen LogP contribution in [0.25, 0.3) is 0 Å². The summed E-state index contributed by atoms with van der Waals surface area (Å²) >= 11 is 5.85. The summed E-state index contributed by atoms with van der Waals surface area (Å²) < 4.78 is 104. The standard InChI is InChI=1S/C37H32ClF5N2O5S/c38-36(46)27-16-15-26(19-29(27)50-21-23-7-3-1-4-8-23)44(20-22-11-13-25(14-12-22)24-9-5-2-6-10-24)37(47)28-17-18-45(28)51(48,49)35-33(42)31(40)30(39)32(41)34(35)43/h1,3-4,7-8,11-16,19,24,28H,2,5-6,9-10,17-18,20-21H2/t28-/m1/s1. The van der Waals surface area contributed by atoms with Gasteiger partial charge in [0.2, 0.25) is 21.7 Å². The smallest absolute Gasteiger partial charge is 0.256 e. The van der Waals surface area contributed by atoms with E-state index >= 15 is 0 Å². The lowest BCUT2D eigenvalue weighted by Gasteiger charge is -2.41. The highest BCUT2D eigenvalue weighted by Crippen LogP contribution is 2.37. The molecule has 1 atom stereocenters. The SMILES string of the molecule is O=C(Cl)c1ccc(N(Cc2ccc(C3CCCCC3)cc2)C(=O)[C@H]2CCN2S(=O)(=O)c2c(F)c(F)c(F)c(F)c2F)cc1OCc1ccccc1. The molecule has 2 aliphatic rings. The van der Waals surface area contributed by atoms with Crippen LogP contribution < -0.4 is 9.64 Å². The number of halogens is 6. The molecule has 51 heavy (non-hydrogen) atoms. The van der Waals surface area contributed by atoms with Crippen molar-refractivity contribution in [3.63, 3.8) is 0 Å². The molecule has 0 unspecified atom stereocenters. The molecule has 1 saturated heterocycles. The second-order valence-corrected chi connectivity index (χ2v) is 14.7. The molecule has 7 nitrogen and oxygen atoms in total. The van der Waals surface area contributed by atoms with Crippen LogP contribution in [-0.2, 0) is 28.0 Å². The lowest BCUT2D eigenvalue weighted by atomic mass is 9.84. The molecule has 0 spiro atoms. The van der Waals surface area contributed by atoms with E-state index in [9.17, 15) is 40.0 Å². The molecule has 6 rings (SSSR count). The summed E-state index contributed by atoms with van der Waals surface area (Å²) in [6.45, 7) is -0.495. The highest BCUT2D eigenvalue weighted by Gasteiger charge is 2.48. The van der Waals surface area contributed by atoms with Crippen LogP contribution in [0.2, 0.25) is 0 Å². The lowest BCUT2D eigenvalue weighted by Crippen LogP contribution is -2.59. The molecule has 0 N–H and O–H groups in total. The number of nitrogens with zero attached hydrogens (tertiary/aromatic N) is 2. The Bertz CT molecular complexity index is 2030. The van der Waals surface area contributed by atoms with Crippen LogP contribution in [0.15, 0.2) is 77.7 Å². The first-order valence-electron chi connectivity index (χ1n) is 16.3. The number of carbonyl (C=O) groups excluding carboxylic acids is 2. The van der Waals surface area contributed by atoms with Crippen LogP contribution in [0.1, 0.15) is 71.5 Å². The van der Waals surface area contributed by atoms with Crippen molar-refractivity contribution in [2.24, 2.45) is 0 Å². The summed E-state index contributed by atoms with van der Waals surface area (Å²) in [4.78, 5) is 25.8. The molecule has 1 heterocycles. The molecule has 1 aliphatic carbocycles. The van der Waals surface area contributed by atoms with E-state index in [1.165, 1.54) is 29.5 Å². The second kappa shape index (κ2) is 15.1. The zero-order valence-electron chi connectivity index (χ0n) is 27.1. The zero-order chi connectivity index (χ0) is 36.4. The van der Waals surface area contributed by atoms with Crippen LogP contribution in [0.3, 0.4) is 0 Å². The highest BCUT2D eigenvalue weighted by atomic mass is 35.5. The van der Waals surface area contributed by atoms with Crippen LogP contribution in [-0.4, -0.2) is 36.5 Å². The number of ether oxygens (including phenoxy) is 1. The third kappa shape index (κ3) is 7.38. The van der Waals surface area contributed by atoms with Crippen molar-refractivity contribution in [3.05, 3.63) is 124 Å². The number of anilines is 1. The van der Waals surface area contributed by atoms with Gasteiger partial charge in [-0.3, -0.25) is 9.59 Å². The minimum Gasteiger partial charge on any atom is -0.488 e. The van der Waals surface area contributed by atoms with Gasteiger partial charge in [-0.25, -0.2) is 30.4 Å².